The summed E-state index contributed by atoms with van der Waals surface area (Å²) >= 11 is 0. The Hall–Kier alpha value is -3.58. The van der Waals surface area contributed by atoms with Gasteiger partial charge >= 0.3 is 0 Å². The highest BCUT2D eigenvalue weighted by Crippen LogP contribution is 2.48. The number of piperidine rings is 1. The molecular weight excluding hydrogens is 460 g/mol. The Bertz CT molecular complexity index is 1330. The zero-order valence-corrected chi connectivity index (χ0v) is 19.9. The van der Waals surface area contributed by atoms with Crippen LogP contribution in [0.5, 0.6) is 0 Å². The Morgan fingerprint density at radius 1 is 0.833 bits per heavy atom. The number of carbonyl (C=O) groups is 2. The largest absolute Gasteiger partial charge is 0.337 e. The first-order valence-electron chi connectivity index (χ1n) is 12.5. The van der Waals surface area contributed by atoms with Gasteiger partial charge in [0, 0.05) is 43.0 Å². The van der Waals surface area contributed by atoms with Gasteiger partial charge in [0.05, 0.1) is 11.3 Å². The smallest absolute Gasteiger partial charge is 0.299 e. The van der Waals surface area contributed by atoms with E-state index in [0.29, 0.717) is 17.8 Å². The first kappa shape index (κ1) is 22.9. The molecule has 0 bridgehead atoms. The molecule has 3 aromatic rings. The third-order valence-corrected chi connectivity index (χ3v) is 7.73. The third kappa shape index (κ3) is 3.88. The zero-order valence-electron chi connectivity index (χ0n) is 19.9. The van der Waals surface area contributed by atoms with Crippen molar-refractivity contribution < 1.29 is 18.4 Å². The molecule has 2 unspecified atom stereocenters. The standard InChI is InChI=1S/C29H27F2N3O2/c30-19-7-10-21(11-8-19)34-26-12-9-20(31)17-23(26)24-18-32(16-13-27(24)34)14-3-4-15-33-25-6-2-1-5-22(25)28(35)29(33)36/h1-2,5-12,17,24,27H,3-4,13-16,18H2. The van der Waals surface area contributed by atoms with Gasteiger partial charge in [0.15, 0.2) is 0 Å². The number of amides is 1. The van der Waals surface area contributed by atoms with Gasteiger partial charge in [0.1, 0.15) is 11.6 Å². The van der Waals surface area contributed by atoms with Crippen LogP contribution in [0.3, 0.4) is 0 Å². The Kier molecular flexibility index (Phi) is 5.80. The summed E-state index contributed by atoms with van der Waals surface area (Å²) in [6.45, 7) is 3.14. The van der Waals surface area contributed by atoms with Gasteiger partial charge in [-0.1, -0.05) is 12.1 Å². The molecule has 184 valence electrons. The van der Waals surface area contributed by atoms with E-state index in [1.165, 1.54) is 18.2 Å². The second-order valence-corrected chi connectivity index (χ2v) is 9.82. The van der Waals surface area contributed by atoms with Gasteiger partial charge in [0.25, 0.3) is 11.7 Å². The number of halogens is 2. The van der Waals surface area contributed by atoms with Crippen LogP contribution in [0.4, 0.5) is 25.8 Å². The number of anilines is 3. The number of unbranched alkanes of at least 4 members (excludes halogenated alkanes) is 1. The van der Waals surface area contributed by atoms with E-state index < -0.39 is 11.7 Å². The first-order valence-corrected chi connectivity index (χ1v) is 12.5. The van der Waals surface area contributed by atoms with Crippen molar-refractivity contribution in [2.75, 3.05) is 36.0 Å². The number of likely N-dealkylation sites (tertiary alicyclic amines) is 1. The van der Waals surface area contributed by atoms with E-state index in [1.54, 1.807) is 35.2 Å². The molecule has 3 aliphatic heterocycles. The molecule has 1 amide bonds. The molecule has 0 saturated carbocycles. The molecule has 3 aromatic carbocycles. The lowest BCUT2D eigenvalue weighted by atomic mass is 9.89. The molecule has 0 aromatic heterocycles. The van der Waals surface area contributed by atoms with Gasteiger partial charge < -0.3 is 14.7 Å². The maximum Gasteiger partial charge on any atom is 0.299 e. The first-order chi connectivity index (χ1) is 17.5. The fourth-order valence-corrected chi connectivity index (χ4v) is 6.05. The highest BCUT2D eigenvalue weighted by Gasteiger charge is 2.42. The van der Waals surface area contributed by atoms with Crippen molar-refractivity contribution >= 4 is 28.8 Å². The molecule has 0 aliphatic carbocycles. The second kappa shape index (κ2) is 9.13. The highest BCUT2D eigenvalue weighted by atomic mass is 19.1. The number of fused-ring (bicyclic) bond motifs is 4. The van der Waals surface area contributed by atoms with Crippen LogP contribution >= 0.6 is 0 Å². The lowest BCUT2D eigenvalue weighted by molar-refractivity contribution is -0.114. The van der Waals surface area contributed by atoms with Gasteiger partial charge in [-0.25, -0.2) is 8.78 Å². The van der Waals surface area contributed by atoms with Crippen molar-refractivity contribution in [3.05, 3.63) is 89.5 Å². The maximum absolute atomic E-state index is 14.2. The summed E-state index contributed by atoms with van der Waals surface area (Å²) in [6.07, 6.45) is 2.62. The van der Waals surface area contributed by atoms with E-state index in [4.69, 9.17) is 0 Å². The van der Waals surface area contributed by atoms with Crippen LogP contribution < -0.4 is 9.80 Å². The molecule has 0 N–H and O–H groups in total. The van der Waals surface area contributed by atoms with Crippen molar-refractivity contribution in [1.82, 2.24) is 4.90 Å². The lowest BCUT2D eigenvalue weighted by Gasteiger charge is -2.39. The van der Waals surface area contributed by atoms with Crippen LogP contribution in [0.1, 0.15) is 41.1 Å². The lowest BCUT2D eigenvalue weighted by Crippen LogP contribution is -2.45. The van der Waals surface area contributed by atoms with Crippen molar-refractivity contribution in [2.24, 2.45) is 0 Å². The van der Waals surface area contributed by atoms with E-state index in [1.807, 2.05) is 18.2 Å². The molecule has 2 atom stereocenters. The molecule has 1 saturated heterocycles. The number of Topliss-reactive ketones (excluding diaryl/α,β-unsaturated/α-hetero) is 1. The average molecular weight is 488 g/mol. The fraction of sp³-hybridized carbons (Fsp3) is 0.310. The van der Waals surface area contributed by atoms with Gasteiger partial charge in [-0.2, -0.15) is 0 Å². The van der Waals surface area contributed by atoms with E-state index in [9.17, 15) is 18.4 Å². The van der Waals surface area contributed by atoms with E-state index >= 15 is 0 Å². The number of nitrogens with zero attached hydrogens (tertiary/aromatic N) is 3. The van der Waals surface area contributed by atoms with Crippen molar-refractivity contribution in [2.45, 2.75) is 31.2 Å². The minimum absolute atomic E-state index is 0.166. The quantitative estimate of drug-likeness (QED) is 0.350. The predicted octanol–water partition coefficient (Wildman–Crippen LogP) is 5.28. The van der Waals surface area contributed by atoms with Crippen molar-refractivity contribution in [3.63, 3.8) is 0 Å². The van der Waals surface area contributed by atoms with Crippen LogP contribution in [0.2, 0.25) is 0 Å². The molecule has 3 heterocycles. The summed E-state index contributed by atoms with van der Waals surface area (Å²) in [5, 5.41) is 0. The monoisotopic (exact) mass is 487 g/mol. The predicted molar refractivity (Wildman–Crippen MR) is 135 cm³/mol. The summed E-state index contributed by atoms with van der Waals surface area (Å²) in [5.41, 5.74) is 4.12. The van der Waals surface area contributed by atoms with Gasteiger partial charge in [-0.3, -0.25) is 9.59 Å². The normalized spacial score (nSPS) is 21.1. The highest BCUT2D eigenvalue weighted by molar-refractivity contribution is 6.52. The molecule has 0 radical (unpaired) electrons. The number of benzene rings is 3. The van der Waals surface area contributed by atoms with E-state index in [0.717, 1.165) is 55.8 Å². The van der Waals surface area contributed by atoms with Crippen LogP contribution in [-0.4, -0.2) is 48.8 Å². The Morgan fingerprint density at radius 2 is 1.58 bits per heavy atom. The number of carbonyl (C=O) groups excluding carboxylic acids is 2. The fourth-order valence-electron chi connectivity index (χ4n) is 6.05. The molecule has 7 heteroatoms. The summed E-state index contributed by atoms with van der Waals surface area (Å²) in [7, 11) is 0. The van der Waals surface area contributed by atoms with Gasteiger partial charge in [-0.05, 0) is 86.0 Å². The second-order valence-electron chi connectivity index (χ2n) is 9.82. The molecular formula is C29H27F2N3O2. The summed E-state index contributed by atoms with van der Waals surface area (Å²) in [5.74, 6) is -1.21. The summed E-state index contributed by atoms with van der Waals surface area (Å²) in [6, 6.07) is 18.9. The molecule has 6 rings (SSSR count). The number of ketones is 1. The van der Waals surface area contributed by atoms with Crippen LogP contribution in [-0.2, 0) is 4.79 Å². The number of para-hydroxylation sites is 1. The topological polar surface area (TPSA) is 43.9 Å². The SMILES string of the molecule is O=C1C(=O)N(CCCCN2CCC3C(C2)c2cc(F)ccc2N3c2ccc(F)cc2)c2ccccc21. The maximum atomic E-state index is 14.2. The van der Waals surface area contributed by atoms with Crippen LogP contribution in [0.15, 0.2) is 66.7 Å². The Morgan fingerprint density at radius 3 is 2.42 bits per heavy atom. The minimum Gasteiger partial charge on any atom is -0.337 e. The molecule has 5 nitrogen and oxygen atoms in total. The van der Waals surface area contributed by atoms with Crippen LogP contribution in [0, 0.1) is 11.6 Å². The van der Waals surface area contributed by atoms with E-state index in [-0.39, 0.29) is 23.6 Å². The molecule has 1 fully saturated rings. The number of hydrogen-bond acceptors (Lipinski definition) is 4. The molecule has 36 heavy (non-hydrogen) atoms. The van der Waals surface area contributed by atoms with Crippen molar-refractivity contribution in [1.29, 1.82) is 0 Å². The summed E-state index contributed by atoms with van der Waals surface area (Å²) in [4.78, 5) is 30.9. The minimum atomic E-state index is -0.442. The van der Waals surface area contributed by atoms with Crippen molar-refractivity contribution in [3.8, 4) is 0 Å². The number of rotatable bonds is 6. The molecule has 3 aliphatic rings. The Labute approximate surface area is 208 Å². The zero-order chi connectivity index (χ0) is 24.8. The van der Waals surface area contributed by atoms with Crippen LogP contribution in [0.25, 0.3) is 0 Å². The number of hydrogen-bond donors (Lipinski definition) is 0. The third-order valence-electron chi connectivity index (χ3n) is 7.73. The Balaban J connectivity index is 1.11. The molecule has 0 spiro atoms. The van der Waals surface area contributed by atoms with E-state index in [2.05, 4.69) is 9.80 Å². The van der Waals surface area contributed by atoms with Gasteiger partial charge in [0.2, 0.25) is 0 Å². The average Bonchev–Trinajstić information content (AvgIpc) is 3.33. The van der Waals surface area contributed by atoms with Gasteiger partial charge in [-0.15, -0.1) is 0 Å². The summed E-state index contributed by atoms with van der Waals surface area (Å²) < 4.78 is 27.8.